The number of hydrogen-bond acceptors (Lipinski definition) is 2. The SMILES string of the molecule is CC(C)(O)C(=O)NC(C)(C)C(C)(C)C. The quantitative estimate of drug-likeness (QED) is 0.714. The molecule has 0 aromatic heterocycles. The minimum atomic E-state index is -1.32. The van der Waals surface area contributed by atoms with Crippen molar-refractivity contribution in [2.75, 3.05) is 0 Å². The second kappa shape index (κ2) is 3.54. The molecule has 0 aliphatic heterocycles. The second-order valence-electron chi connectivity index (χ2n) is 5.89. The van der Waals surface area contributed by atoms with Crippen LogP contribution in [-0.2, 0) is 4.79 Å². The van der Waals surface area contributed by atoms with Gasteiger partial charge in [0.05, 0.1) is 0 Å². The van der Waals surface area contributed by atoms with Crippen LogP contribution < -0.4 is 5.32 Å². The zero-order valence-electron chi connectivity index (χ0n) is 10.4. The van der Waals surface area contributed by atoms with Gasteiger partial charge < -0.3 is 10.4 Å². The molecule has 84 valence electrons. The molecule has 14 heavy (non-hydrogen) atoms. The van der Waals surface area contributed by atoms with Crippen molar-refractivity contribution >= 4 is 5.91 Å². The molecule has 0 aromatic rings. The molecule has 0 atom stereocenters. The molecule has 0 aromatic carbocycles. The Bertz CT molecular complexity index is 218. The van der Waals surface area contributed by atoms with E-state index in [1.54, 1.807) is 0 Å². The van der Waals surface area contributed by atoms with E-state index in [1.807, 2.05) is 13.8 Å². The van der Waals surface area contributed by atoms with Crippen molar-refractivity contribution < 1.29 is 9.90 Å². The molecule has 0 fully saturated rings. The fraction of sp³-hybridized carbons (Fsp3) is 0.909. The van der Waals surface area contributed by atoms with Gasteiger partial charge in [0, 0.05) is 5.54 Å². The van der Waals surface area contributed by atoms with Gasteiger partial charge in [-0.05, 0) is 33.1 Å². The number of nitrogens with one attached hydrogen (secondary N) is 1. The molecule has 0 rings (SSSR count). The molecule has 3 heteroatoms. The molecular formula is C11H23NO2. The topological polar surface area (TPSA) is 49.3 Å². The van der Waals surface area contributed by atoms with Gasteiger partial charge in [-0.2, -0.15) is 0 Å². The summed E-state index contributed by atoms with van der Waals surface area (Å²) in [5, 5.41) is 12.4. The van der Waals surface area contributed by atoms with E-state index in [0.29, 0.717) is 0 Å². The Morgan fingerprint density at radius 3 is 1.57 bits per heavy atom. The van der Waals surface area contributed by atoms with Crippen LogP contribution in [-0.4, -0.2) is 22.2 Å². The Morgan fingerprint density at radius 2 is 1.36 bits per heavy atom. The van der Waals surface area contributed by atoms with Gasteiger partial charge in [0.25, 0.3) is 5.91 Å². The van der Waals surface area contributed by atoms with E-state index < -0.39 is 5.60 Å². The van der Waals surface area contributed by atoms with Crippen LogP contribution >= 0.6 is 0 Å². The Balaban J connectivity index is 4.62. The minimum Gasteiger partial charge on any atom is -0.381 e. The summed E-state index contributed by atoms with van der Waals surface area (Å²) < 4.78 is 0. The van der Waals surface area contributed by atoms with Gasteiger partial charge in [-0.25, -0.2) is 0 Å². The van der Waals surface area contributed by atoms with E-state index >= 15 is 0 Å². The number of hydrogen-bond donors (Lipinski definition) is 2. The monoisotopic (exact) mass is 201 g/mol. The van der Waals surface area contributed by atoms with Crippen LogP contribution in [0, 0.1) is 5.41 Å². The Labute approximate surface area is 86.9 Å². The highest BCUT2D eigenvalue weighted by Crippen LogP contribution is 2.29. The lowest BCUT2D eigenvalue weighted by Crippen LogP contribution is -2.57. The smallest absolute Gasteiger partial charge is 0.251 e. The summed E-state index contributed by atoms with van der Waals surface area (Å²) in [7, 11) is 0. The van der Waals surface area contributed by atoms with Crippen LogP contribution in [0.4, 0.5) is 0 Å². The van der Waals surface area contributed by atoms with Crippen molar-refractivity contribution in [1.29, 1.82) is 0 Å². The number of amides is 1. The summed E-state index contributed by atoms with van der Waals surface area (Å²) in [6, 6.07) is 0. The van der Waals surface area contributed by atoms with Crippen LogP contribution in [0.1, 0.15) is 48.5 Å². The van der Waals surface area contributed by atoms with Crippen LogP contribution in [0.15, 0.2) is 0 Å². The normalized spacial score (nSPS) is 14.0. The largest absolute Gasteiger partial charge is 0.381 e. The van der Waals surface area contributed by atoms with E-state index in [0.717, 1.165) is 0 Å². The molecule has 0 aliphatic rings. The lowest BCUT2D eigenvalue weighted by molar-refractivity contribution is -0.139. The molecule has 2 N–H and O–H groups in total. The Hall–Kier alpha value is -0.570. The van der Waals surface area contributed by atoms with Gasteiger partial charge in [0.1, 0.15) is 5.60 Å². The molecule has 0 bridgehead atoms. The van der Waals surface area contributed by atoms with Crippen molar-refractivity contribution in [2.45, 2.75) is 59.6 Å². The van der Waals surface area contributed by atoms with Crippen molar-refractivity contribution in [3.05, 3.63) is 0 Å². The first-order valence-corrected chi connectivity index (χ1v) is 4.93. The third-order valence-electron chi connectivity index (χ3n) is 2.86. The van der Waals surface area contributed by atoms with E-state index in [1.165, 1.54) is 13.8 Å². The Kier molecular flexibility index (Phi) is 3.39. The highest BCUT2D eigenvalue weighted by molar-refractivity contribution is 5.84. The molecule has 0 aliphatic carbocycles. The minimum absolute atomic E-state index is 0.0477. The average molecular weight is 201 g/mol. The zero-order valence-corrected chi connectivity index (χ0v) is 10.4. The third-order valence-corrected chi connectivity index (χ3v) is 2.86. The predicted octanol–water partition coefficient (Wildman–Crippen LogP) is 1.70. The van der Waals surface area contributed by atoms with E-state index in [-0.39, 0.29) is 16.9 Å². The summed E-state index contributed by atoms with van der Waals surface area (Å²) >= 11 is 0. The molecule has 0 saturated carbocycles. The van der Waals surface area contributed by atoms with Gasteiger partial charge in [-0.1, -0.05) is 20.8 Å². The first-order valence-electron chi connectivity index (χ1n) is 4.93. The van der Waals surface area contributed by atoms with Crippen LogP contribution in [0.25, 0.3) is 0 Å². The van der Waals surface area contributed by atoms with Gasteiger partial charge in [-0.3, -0.25) is 4.79 Å². The van der Waals surface area contributed by atoms with Crippen molar-refractivity contribution in [3.63, 3.8) is 0 Å². The summed E-state index contributed by atoms with van der Waals surface area (Å²) in [6.45, 7) is 13.0. The number of carbonyl (C=O) groups excluding carboxylic acids is 1. The maximum absolute atomic E-state index is 11.6. The second-order valence-corrected chi connectivity index (χ2v) is 5.89. The maximum Gasteiger partial charge on any atom is 0.251 e. The Morgan fingerprint density at radius 1 is 1.00 bits per heavy atom. The van der Waals surface area contributed by atoms with Crippen molar-refractivity contribution in [3.8, 4) is 0 Å². The van der Waals surface area contributed by atoms with Crippen LogP contribution in [0.5, 0.6) is 0 Å². The fourth-order valence-electron chi connectivity index (χ4n) is 0.624. The molecular weight excluding hydrogens is 178 g/mol. The fourth-order valence-corrected chi connectivity index (χ4v) is 0.624. The number of carbonyl (C=O) groups is 1. The summed E-state index contributed by atoms with van der Waals surface area (Å²) in [6.07, 6.45) is 0. The standard InChI is InChI=1S/C11H23NO2/c1-9(2,3)11(6,7)12-8(13)10(4,5)14/h14H,1-7H3,(H,12,13). The van der Waals surface area contributed by atoms with Crippen LogP contribution in [0.3, 0.4) is 0 Å². The highest BCUT2D eigenvalue weighted by atomic mass is 16.3. The van der Waals surface area contributed by atoms with Gasteiger partial charge in [0.2, 0.25) is 0 Å². The maximum atomic E-state index is 11.6. The molecule has 0 unspecified atom stereocenters. The summed E-state index contributed by atoms with van der Waals surface area (Å²) in [5.74, 6) is -0.336. The molecule has 0 spiro atoms. The molecule has 0 radical (unpaired) electrons. The highest BCUT2D eigenvalue weighted by Gasteiger charge is 2.37. The molecule has 0 heterocycles. The van der Waals surface area contributed by atoms with Gasteiger partial charge in [-0.15, -0.1) is 0 Å². The van der Waals surface area contributed by atoms with E-state index in [4.69, 9.17) is 0 Å². The van der Waals surface area contributed by atoms with Gasteiger partial charge in [0.15, 0.2) is 0 Å². The van der Waals surface area contributed by atoms with Crippen molar-refractivity contribution in [2.24, 2.45) is 5.41 Å². The van der Waals surface area contributed by atoms with Crippen molar-refractivity contribution in [1.82, 2.24) is 5.32 Å². The first kappa shape index (κ1) is 13.4. The predicted molar refractivity (Wildman–Crippen MR) is 58.0 cm³/mol. The first-order chi connectivity index (χ1) is 5.88. The van der Waals surface area contributed by atoms with Gasteiger partial charge >= 0.3 is 0 Å². The van der Waals surface area contributed by atoms with Crippen LogP contribution in [0.2, 0.25) is 0 Å². The average Bonchev–Trinajstić information content (AvgIpc) is 1.80. The third kappa shape index (κ3) is 3.29. The summed E-state index contributed by atoms with van der Waals surface area (Å²) in [4.78, 5) is 11.6. The summed E-state index contributed by atoms with van der Waals surface area (Å²) in [5.41, 5.74) is -1.71. The zero-order chi connectivity index (χ0) is 11.8. The molecule has 3 nitrogen and oxygen atoms in total. The number of rotatable bonds is 2. The molecule has 0 saturated heterocycles. The lowest BCUT2D eigenvalue weighted by Gasteiger charge is -2.40. The molecule has 1 amide bonds. The van der Waals surface area contributed by atoms with E-state index in [2.05, 4.69) is 26.1 Å². The van der Waals surface area contributed by atoms with E-state index in [9.17, 15) is 9.90 Å². The number of aliphatic hydroxyl groups is 1. The lowest BCUT2D eigenvalue weighted by atomic mass is 9.76.